The van der Waals surface area contributed by atoms with Crippen molar-refractivity contribution in [3.63, 3.8) is 0 Å². The molecule has 0 aliphatic heterocycles. The smallest absolute Gasteiger partial charge is 0.121 e. The van der Waals surface area contributed by atoms with Gasteiger partial charge in [-0.15, -0.1) is 13.2 Å². The summed E-state index contributed by atoms with van der Waals surface area (Å²) in [6.45, 7) is 7.44. The van der Waals surface area contributed by atoms with Crippen LogP contribution in [0.15, 0.2) is 68.6 Å². The lowest BCUT2D eigenvalue weighted by Crippen LogP contribution is -1.82. The van der Waals surface area contributed by atoms with Crippen LogP contribution in [0.1, 0.15) is 11.5 Å². The van der Waals surface area contributed by atoms with Gasteiger partial charge in [0.2, 0.25) is 0 Å². The van der Waals surface area contributed by atoms with Crippen LogP contribution in [0.5, 0.6) is 0 Å². The molecule has 2 nitrogen and oxygen atoms in total. The topological polar surface area (TPSA) is 26.3 Å². The number of rotatable bonds is 6. The second kappa shape index (κ2) is 5.64. The van der Waals surface area contributed by atoms with E-state index in [0.717, 1.165) is 34.2 Å². The summed E-state index contributed by atoms with van der Waals surface area (Å²) in [4.78, 5) is 2.22. The van der Waals surface area contributed by atoms with E-state index in [4.69, 9.17) is 8.83 Å². The van der Waals surface area contributed by atoms with Gasteiger partial charge in [0.15, 0.2) is 0 Å². The first-order valence-electron chi connectivity index (χ1n) is 5.37. The standard InChI is InChI=1S/C14H14O2S/c1-3-5-11-13(7-9-15-11)17-14-8-10-16-12(14)6-4-2/h3-4,7-10H,1-2,5-6H2. The molecule has 0 aliphatic rings. The van der Waals surface area contributed by atoms with E-state index in [1.54, 1.807) is 24.3 Å². The highest BCUT2D eigenvalue weighted by molar-refractivity contribution is 7.99. The Labute approximate surface area is 105 Å². The monoisotopic (exact) mass is 246 g/mol. The normalized spacial score (nSPS) is 10.4. The minimum Gasteiger partial charge on any atom is -0.468 e. The third-order valence-electron chi connectivity index (χ3n) is 2.29. The maximum absolute atomic E-state index is 5.41. The SMILES string of the molecule is C=CCc1occc1Sc1ccoc1CC=C. The molecule has 2 rings (SSSR count). The Balaban J connectivity index is 2.18. The van der Waals surface area contributed by atoms with Crippen molar-refractivity contribution >= 4 is 11.8 Å². The summed E-state index contributed by atoms with van der Waals surface area (Å²) in [5, 5.41) is 0. The van der Waals surface area contributed by atoms with E-state index >= 15 is 0 Å². The Bertz CT molecular complexity index is 462. The third kappa shape index (κ3) is 2.74. The van der Waals surface area contributed by atoms with Crippen molar-refractivity contribution in [2.75, 3.05) is 0 Å². The summed E-state index contributed by atoms with van der Waals surface area (Å²) in [7, 11) is 0. The Morgan fingerprint density at radius 1 is 0.941 bits per heavy atom. The van der Waals surface area contributed by atoms with Gasteiger partial charge >= 0.3 is 0 Å². The van der Waals surface area contributed by atoms with Crippen LogP contribution in [0.25, 0.3) is 0 Å². The first kappa shape index (κ1) is 11.9. The molecule has 0 N–H and O–H groups in total. The molecular formula is C14H14O2S. The number of furan rings is 2. The molecule has 0 radical (unpaired) electrons. The largest absolute Gasteiger partial charge is 0.468 e. The van der Waals surface area contributed by atoms with E-state index in [2.05, 4.69) is 13.2 Å². The van der Waals surface area contributed by atoms with Crippen LogP contribution in [0.4, 0.5) is 0 Å². The molecule has 0 saturated heterocycles. The average Bonchev–Trinajstić information content (AvgIpc) is 2.92. The summed E-state index contributed by atoms with van der Waals surface area (Å²) >= 11 is 1.65. The van der Waals surface area contributed by atoms with Crippen LogP contribution in [-0.4, -0.2) is 0 Å². The maximum atomic E-state index is 5.41. The van der Waals surface area contributed by atoms with Gasteiger partial charge in [0.1, 0.15) is 11.5 Å². The van der Waals surface area contributed by atoms with Gasteiger partial charge in [0.05, 0.1) is 22.3 Å². The first-order valence-corrected chi connectivity index (χ1v) is 6.19. The van der Waals surface area contributed by atoms with Crippen molar-refractivity contribution in [1.82, 2.24) is 0 Å². The van der Waals surface area contributed by atoms with Gasteiger partial charge in [-0.05, 0) is 12.1 Å². The molecule has 0 atom stereocenters. The third-order valence-corrected chi connectivity index (χ3v) is 3.46. The second-order valence-corrected chi connectivity index (χ2v) is 4.59. The number of hydrogen-bond acceptors (Lipinski definition) is 3. The fraction of sp³-hybridized carbons (Fsp3) is 0.143. The van der Waals surface area contributed by atoms with E-state index in [1.165, 1.54) is 0 Å². The quantitative estimate of drug-likeness (QED) is 0.703. The fourth-order valence-corrected chi connectivity index (χ4v) is 2.49. The van der Waals surface area contributed by atoms with Crippen LogP contribution in [0.3, 0.4) is 0 Å². The summed E-state index contributed by atoms with van der Waals surface area (Å²) in [6, 6.07) is 3.93. The van der Waals surface area contributed by atoms with Crippen LogP contribution >= 0.6 is 11.8 Å². The molecule has 17 heavy (non-hydrogen) atoms. The molecule has 2 heterocycles. The summed E-state index contributed by atoms with van der Waals surface area (Å²) in [5.41, 5.74) is 0. The van der Waals surface area contributed by atoms with Crippen LogP contribution < -0.4 is 0 Å². The molecule has 0 unspecified atom stereocenters. The lowest BCUT2D eigenvalue weighted by atomic mass is 10.3. The van der Waals surface area contributed by atoms with Crippen LogP contribution in [-0.2, 0) is 12.8 Å². The zero-order valence-electron chi connectivity index (χ0n) is 9.52. The van der Waals surface area contributed by atoms with Gasteiger partial charge in [-0.1, -0.05) is 23.9 Å². The summed E-state index contributed by atoms with van der Waals surface area (Å²) in [5.74, 6) is 1.88. The van der Waals surface area contributed by atoms with E-state index in [1.807, 2.05) is 24.3 Å². The molecule has 0 fully saturated rings. The molecule has 0 spiro atoms. The number of hydrogen-bond donors (Lipinski definition) is 0. The Kier molecular flexibility index (Phi) is 3.94. The molecule has 88 valence electrons. The highest BCUT2D eigenvalue weighted by Crippen LogP contribution is 2.34. The lowest BCUT2D eigenvalue weighted by molar-refractivity contribution is 0.513. The van der Waals surface area contributed by atoms with Crippen molar-refractivity contribution < 1.29 is 8.83 Å². The Morgan fingerprint density at radius 2 is 1.41 bits per heavy atom. The predicted molar refractivity (Wildman–Crippen MR) is 69.3 cm³/mol. The van der Waals surface area contributed by atoms with E-state index in [-0.39, 0.29) is 0 Å². The van der Waals surface area contributed by atoms with Crippen molar-refractivity contribution in [3.8, 4) is 0 Å². The van der Waals surface area contributed by atoms with Crippen molar-refractivity contribution in [2.24, 2.45) is 0 Å². The molecule has 0 bridgehead atoms. The molecule has 0 saturated carbocycles. The van der Waals surface area contributed by atoms with Gasteiger partial charge in [-0.2, -0.15) is 0 Å². The fourth-order valence-electron chi connectivity index (χ4n) is 1.52. The summed E-state index contributed by atoms with van der Waals surface area (Å²) in [6.07, 6.45) is 8.56. The highest BCUT2D eigenvalue weighted by atomic mass is 32.2. The van der Waals surface area contributed by atoms with Gasteiger partial charge < -0.3 is 8.83 Å². The van der Waals surface area contributed by atoms with Crippen molar-refractivity contribution in [2.45, 2.75) is 22.6 Å². The predicted octanol–water partition coefficient (Wildman–Crippen LogP) is 4.48. The molecule has 2 aromatic heterocycles. The zero-order valence-corrected chi connectivity index (χ0v) is 10.3. The first-order chi connectivity index (χ1) is 8.35. The van der Waals surface area contributed by atoms with E-state index in [0.29, 0.717) is 0 Å². The highest BCUT2D eigenvalue weighted by Gasteiger charge is 2.11. The van der Waals surface area contributed by atoms with Crippen LogP contribution in [0.2, 0.25) is 0 Å². The van der Waals surface area contributed by atoms with Crippen molar-refractivity contribution in [1.29, 1.82) is 0 Å². The van der Waals surface area contributed by atoms with Gasteiger partial charge in [-0.3, -0.25) is 0 Å². The van der Waals surface area contributed by atoms with E-state index < -0.39 is 0 Å². The summed E-state index contributed by atoms with van der Waals surface area (Å²) < 4.78 is 10.8. The molecule has 3 heteroatoms. The molecule has 0 amide bonds. The van der Waals surface area contributed by atoms with Crippen LogP contribution in [0, 0.1) is 0 Å². The average molecular weight is 246 g/mol. The molecule has 0 aromatic carbocycles. The van der Waals surface area contributed by atoms with Gasteiger partial charge in [0, 0.05) is 12.8 Å². The molecule has 0 aliphatic carbocycles. The second-order valence-electron chi connectivity index (χ2n) is 3.50. The van der Waals surface area contributed by atoms with Gasteiger partial charge in [-0.25, -0.2) is 0 Å². The molecular weight excluding hydrogens is 232 g/mol. The van der Waals surface area contributed by atoms with E-state index in [9.17, 15) is 0 Å². The Hall–Kier alpha value is -1.61. The zero-order chi connectivity index (χ0) is 12.1. The minimum atomic E-state index is 0.740. The maximum Gasteiger partial charge on any atom is 0.121 e. The Morgan fingerprint density at radius 3 is 1.82 bits per heavy atom. The van der Waals surface area contributed by atoms with Crippen molar-refractivity contribution in [3.05, 3.63) is 61.5 Å². The van der Waals surface area contributed by atoms with Gasteiger partial charge in [0.25, 0.3) is 0 Å². The lowest BCUT2D eigenvalue weighted by Gasteiger charge is -2.00. The molecule has 2 aromatic rings. The number of allylic oxidation sites excluding steroid dienone is 2. The minimum absolute atomic E-state index is 0.740.